The molecule has 3 heterocycles. The second-order valence-electron chi connectivity index (χ2n) is 6.49. The summed E-state index contributed by atoms with van der Waals surface area (Å²) < 4.78 is 1.94. The normalized spacial score (nSPS) is 12.1. The molecule has 0 bridgehead atoms. The van der Waals surface area contributed by atoms with E-state index in [1.54, 1.807) is 6.20 Å². The monoisotopic (exact) mass is 384 g/mol. The Labute approximate surface area is 164 Å². The maximum absolute atomic E-state index is 13.0. The van der Waals surface area contributed by atoms with Crippen LogP contribution < -0.4 is 10.4 Å². The van der Waals surface area contributed by atoms with Crippen LogP contribution in [-0.2, 0) is 0 Å². The number of pyridine rings is 1. The van der Waals surface area contributed by atoms with Gasteiger partial charge >= 0.3 is 0 Å². The van der Waals surface area contributed by atoms with E-state index in [0.717, 1.165) is 31.8 Å². The molecule has 1 N–H and O–H groups in total. The minimum absolute atomic E-state index is 0.131. The minimum Gasteiger partial charge on any atom is -0.319 e. The molecule has 0 aliphatic carbocycles. The number of nitrogens with one attached hydrogen (secondary N) is 1. The van der Waals surface area contributed by atoms with E-state index in [9.17, 15) is 4.79 Å². The van der Waals surface area contributed by atoms with Gasteiger partial charge in [-0.05, 0) is 36.2 Å². The van der Waals surface area contributed by atoms with Crippen molar-refractivity contribution in [1.29, 1.82) is 0 Å². The lowest BCUT2D eigenvalue weighted by molar-refractivity contribution is 1.09. The molecule has 0 aliphatic heterocycles. The second kappa shape index (κ2) is 6.58. The quantitative estimate of drug-likeness (QED) is 0.489. The van der Waals surface area contributed by atoms with E-state index in [-0.39, 0.29) is 5.56 Å². The Morgan fingerprint density at radius 2 is 1.79 bits per heavy atom. The van der Waals surface area contributed by atoms with E-state index in [1.807, 2.05) is 78.1 Å². The minimum atomic E-state index is -0.131. The Bertz CT molecular complexity index is 1440. The molecule has 0 unspecified atom stereocenters. The van der Waals surface area contributed by atoms with Crippen molar-refractivity contribution in [2.45, 2.75) is 6.92 Å². The van der Waals surface area contributed by atoms with Crippen molar-refractivity contribution in [2.75, 3.05) is 0 Å². The summed E-state index contributed by atoms with van der Waals surface area (Å²) in [5.41, 5.74) is 4.12. The Morgan fingerprint density at radius 1 is 1.00 bits per heavy atom. The largest absolute Gasteiger partial charge is 0.319 e. The summed E-state index contributed by atoms with van der Waals surface area (Å²) in [5.74, 6) is 0.655. The fraction of sp³-hybridized carbons (Fsp3) is 0.0455. The van der Waals surface area contributed by atoms with Crippen molar-refractivity contribution in [2.24, 2.45) is 4.99 Å². The highest BCUT2D eigenvalue weighted by atomic mass is 32.1. The maximum atomic E-state index is 13.0. The molecule has 0 saturated heterocycles. The molecule has 0 amide bonds. The summed E-state index contributed by atoms with van der Waals surface area (Å²) in [5, 5.41) is 0. The molecule has 6 heteroatoms. The van der Waals surface area contributed by atoms with Crippen LogP contribution in [0.1, 0.15) is 5.56 Å². The topological polar surface area (TPSA) is 62.5 Å². The Morgan fingerprint density at radius 3 is 2.61 bits per heavy atom. The highest BCUT2D eigenvalue weighted by molar-refractivity contribution is 7.13. The van der Waals surface area contributed by atoms with Crippen molar-refractivity contribution < 1.29 is 0 Å². The van der Waals surface area contributed by atoms with Crippen molar-refractivity contribution in [1.82, 2.24) is 14.4 Å². The number of benzene rings is 2. The lowest BCUT2D eigenvalue weighted by atomic mass is 10.2. The van der Waals surface area contributed by atoms with E-state index in [4.69, 9.17) is 4.99 Å². The summed E-state index contributed by atoms with van der Waals surface area (Å²) in [4.78, 5) is 26.8. The van der Waals surface area contributed by atoms with Gasteiger partial charge in [-0.15, -0.1) is 0 Å². The fourth-order valence-corrected chi connectivity index (χ4v) is 4.44. The average Bonchev–Trinajstić information content (AvgIpc) is 3.11. The second-order valence-corrected chi connectivity index (χ2v) is 7.47. The number of aryl methyl sites for hydroxylation is 1. The fourth-order valence-electron chi connectivity index (χ4n) is 3.31. The summed E-state index contributed by atoms with van der Waals surface area (Å²) in [6, 6.07) is 21.6. The summed E-state index contributed by atoms with van der Waals surface area (Å²) >= 11 is 1.49. The van der Waals surface area contributed by atoms with E-state index in [2.05, 4.69) is 9.97 Å². The molecular weight excluding hydrogens is 368 g/mol. The van der Waals surface area contributed by atoms with Crippen LogP contribution in [0.4, 0.5) is 5.82 Å². The van der Waals surface area contributed by atoms with Crippen molar-refractivity contribution in [3.8, 4) is 10.4 Å². The predicted molar refractivity (Wildman–Crippen MR) is 113 cm³/mol. The van der Waals surface area contributed by atoms with Crippen LogP contribution >= 0.6 is 11.3 Å². The van der Waals surface area contributed by atoms with Crippen LogP contribution in [-0.4, -0.2) is 14.4 Å². The van der Waals surface area contributed by atoms with Gasteiger partial charge in [-0.25, -0.2) is 9.98 Å². The number of H-pyrrole nitrogens is 1. The molecular formula is C22H16N4OS. The first-order valence-corrected chi connectivity index (χ1v) is 9.72. The Hall–Kier alpha value is -3.51. The van der Waals surface area contributed by atoms with Gasteiger partial charge in [0.05, 0.1) is 15.9 Å². The number of hydrogen-bond acceptors (Lipinski definition) is 4. The van der Waals surface area contributed by atoms with E-state index < -0.39 is 0 Å². The van der Waals surface area contributed by atoms with Gasteiger partial charge in [0.2, 0.25) is 0 Å². The summed E-state index contributed by atoms with van der Waals surface area (Å²) in [6.07, 6.45) is 1.73. The van der Waals surface area contributed by atoms with Crippen LogP contribution in [0.15, 0.2) is 82.7 Å². The average molecular weight is 384 g/mol. The molecule has 0 spiro atoms. The lowest BCUT2D eigenvalue weighted by Crippen LogP contribution is -2.16. The van der Waals surface area contributed by atoms with Gasteiger partial charge in [-0.3, -0.25) is 9.20 Å². The van der Waals surface area contributed by atoms with Crippen molar-refractivity contribution in [3.63, 3.8) is 0 Å². The molecule has 2 aromatic carbocycles. The molecule has 0 atom stereocenters. The third-order valence-electron chi connectivity index (χ3n) is 4.65. The molecule has 0 saturated carbocycles. The molecule has 28 heavy (non-hydrogen) atoms. The number of nitrogens with zero attached hydrogens (tertiary/aromatic N) is 3. The first kappa shape index (κ1) is 16.6. The third kappa shape index (κ3) is 2.66. The summed E-state index contributed by atoms with van der Waals surface area (Å²) in [6.45, 7) is 1.98. The number of rotatable bonds is 2. The zero-order valence-corrected chi connectivity index (χ0v) is 15.9. The molecule has 0 radical (unpaired) electrons. The number of hydrogen-bond donors (Lipinski definition) is 1. The van der Waals surface area contributed by atoms with Gasteiger partial charge in [-0.1, -0.05) is 59.9 Å². The lowest BCUT2D eigenvalue weighted by Gasteiger charge is -2.04. The smallest absolute Gasteiger partial charge is 0.274 e. The van der Waals surface area contributed by atoms with Gasteiger partial charge < -0.3 is 4.98 Å². The highest BCUT2D eigenvalue weighted by Gasteiger charge is 2.15. The van der Waals surface area contributed by atoms with Gasteiger partial charge in [0.15, 0.2) is 10.6 Å². The number of aromatic nitrogens is 3. The van der Waals surface area contributed by atoms with Gasteiger partial charge in [0.25, 0.3) is 5.56 Å². The SMILES string of the molecule is Cc1cccnc1/N=c1/sc(-c2ccccc2)c2c(=O)[nH]c3ccccc3n12. The van der Waals surface area contributed by atoms with E-state index in [0.29, 0.717) is 11.3 Å². The molecule has 3 aromatic heterocycles. The zero-order valence-electron chi connectivity index (χ0n) is 15.1. The van der Waals surface area contributed by atoms with E-state index in [1.165, 1.54) is 11.3 Å². The molecule has 0 fully saturated rings. The molecule has 5 rings (SSSR count). The van der Waals surface area contributed by atoms with E-state index >= 15 is 0 Å². The van der Waals surface area contributed by atoms with Crippen molar-refractivity contribution in [3.05, 3.63) is 93.6 Å². The number of aromatic amines is 1. The van der Waals surface area contributed by atoms with Gasteiger partial charge in [0, 0.05) is 6.20 Å². The van der Waals surface area contributed by atoms with Gasteiger partial charge in [-0.2, -0.15) is 0 Å². The van der Waals surface area contributed by atoms with Crippen LogP contribution in [0.3, 0.4) is 0 Å². The van der Waals surface area contributed by atoms with Crippen LogP contribution in [0.25, 0.3) is 27.0 Å². The summed E-state index contributed by atoms with van der Waals surface area (Å²) in [7, 11) is 0. The Kier molecular flexibility index (Phi) is 3.91. The maximum Gasteiger partial charge on any atom is 0.274 e. The van der Waals surface area contributed by atoms with Gasteiger partial charge in [0.1, 0.15) is 5.52 Å². The van der Waals surface area contributed by atoms with Crippen LogP contribution in [0.2, 0.25) is 0 Å². The first-order chi connectivity index (χ1) is 13.7. The molecule has 136 valence electrons. The first-order valence-electron chi connectivity index (χ1n) is 8.91. The van der Waals surface area contributed by atoms with Crippen LogP contribution in [0, 0.1) is 6.92 Å². The predicted octanol–water partition coefficient (Wildman–Crippen LogP) is 4.45. The van der Waals surface area contributed by atoms with Crippen LogP contribution in [0.5, 0.6) is 0 Å². The third-order valence-corrected chi connectivity index (χ3v) is 5.74. The number of thiazole rings is 1. The highest BCUT2D eigenvalue weighted by Crippen LogP contribution is 2.28. The number of para-hydroxylation sites is 2. The standard InChI is InChI=1S/C22H16N4OS/c1-14-8-7-13-23-20(14)25-22-26-17-12-6-5-11-16(17)24-21(27)18(26)19(28-22)15-9-3-2-4-10-15/h2-13H,1H3,(H,24,27)/b25-22+. The molecule has 5 nitrogen and oxygen atoms in total. The number of fused-ring (bicyclic) bond motifs is 3. The zero-order chi connectivity index (χ0) is 19.1. The van der Waals surface area contributed by atoms with Crippen molar-refractivity contribution >= 4 is 33.7 Å². The molecule has 0 aliphatic rings. The Balaban J connectivity index is 1.98. The molecule has 5 aromatic rings.